The lowest BCUT2D eigenvalue weighted by atomic mass is 10.1. The number of amides is 1. The van der Waals surface area contributed by atoms with Gasteiger partial charge in [-0.2, -0.15) is 0 Å². The number of esters is 1. The van der Waals surface area contributed by atoms with Crippen molar-refractivity contribution in [3.8, 4) is 5.75 Å². The summed E-state index contributed by atoms with van der Waals surface area (Å²) in [6, 6.07) is 9.45. The number of hydrogen-bond donors (Lipinski definition) is 1. The van der Waals surface area contributed by atoms with Crippen molar-refractivity contribution in [2.75, 3.05) is 20.3 Å². The molecule has 2 rings (SSSR count). The number of carbonyl (C=O) groups is 2. The third-order valence-corrected chi connectivity index (χ3v) is 3.58. The van der Waals surface area contributed by atoms with Gasteiger partial charge in [-0.05, 0) is 36.2 Å². The largest absolute Gasteiger partial charge is 0.477 e. The Morgan fingerprint density at radius 1 is 1.19 bits per heavy atom. The minimum absolute atomic E-state index is 0.000277. The fraction of sp³-hybridized carbons (Fsp3) is 0.222. The van der Waals surface area contributed by atoms with Crippen molar-refractivity contribution < 1.29 is 28.4 Å². The maximum atomic E-state index is 12.8. The number of ether oxygens (including phenoxy) is 2. The topological polar surface area (TPSA) is 108 Å². The van der Waals surface area contributed by atoms with Crippen molar-refractivity contribution in [2.24, 2.45) is 0 Å². The van der Waals surface area contributed by atoms with Gasteiger partial charge >= 0.3 is 11.7 Å². The summed E-state index contributed by atoms with van der Waals surface area (Å²) in [5, 5.41) is 13.7. The highest BCUT2D eigenvalue weighted by Crippen LogP contribution is 2.28. The molecule has 0 aliphatic rings. The highest BCUT2D eigenvalue weighted by molar-refractivity contribution is 5.90. The Balaban J connectivity index is 1.89. The van der Waals surface area contributed by atoms with Crippen molar-refractivity contribution >= 4 is 17.6 Å². The fourth-order valence-electron chi connectivity index (χ4n) is 2.22. The zero-order chi connectivity index (χ0) is 19.8. The smallest absolute Gasteiger partial charge is 0.338 e. The van der Waals surface area contributed by atoms with E-state index in [9.17, 15) is 24.1 Å². The van der Waals surface area contributed by atoms with Gasteiger partial charge < -0.3 is 14.8 Å². The summed E-state index contributed by atoms with van der Waals surface area (Å²) in [5.41, 5.74) is 0.406. The number of methoxy groups -OCH3 is 1. The molecule has 0 saturated carbocycles. The van der Waals surface area contributed by atoms with E-state index in [2.05, 4.69) is 10.1 Å². The molecule has 2 aromatic rings. The molecular weight excluding hydrogens is 359 g/mol. The van der Waals surface area contributed by atoms with E-state index in [0.29, 0.717) is 13.0 Å². The Morgan fingerprint density at radius 3 is 2.52 bits per heavy atom. The van der Waals surface area contributed by atoms with Crippen LogP contribution in [-0.2, 0) is 16.0 Å². The number of carbonyl (C=O) groups excluding carboxylic acids is 2. The number of nitrogens with zero attached hydrogens (tertiary/aromatic N) is 1. The molecule has 0 fully saturated rings. The van der Waals surface area contributed by atoms with E-state index in [-0.39, 0.29) is 17.1 Å². The van der Waals surface area contributed by atoms with Crippen LogP contribution < -0.4 is 10.1 Å². The summed E-state index contributed by atoms with van der Waals surface area (Å²) in [4.78, 5) is 33.7. The van der Waals surface area contributed by atoms with Crippen molar-refractivity contribution in [2.45, 2.75) is 6.42 Å². The molecule has 0 saturated heterocycles. The summed E-state index contributed by atoms with van der Waals surface area (Å²) in [5.74, 6) is -1.66. The van der Waals surface area contributed by atoms with Gasteiger partial charge in [0.25, 0.3) is 5.91 Å². The molecule has 2 aromatic carbocycles. The molecule has 0 aromatic heterocycles. The van der Waals surface area contributed by atoms with Crippen LogP contribution in [0.15, 0.2) is 42.5 Å². The number of hydrogen-bond acceptors (Lipinski definition) is 6. The Morgan fingerprint density at radius 2 is 1.89 bits per heavy atom. The van der Waals surface area contributed by atoms with Gasteiger partial charge in [0.1, 0.15) is 5.82 Å². The van der Waals surface area contributed by atoms with Crippen LogP contribution in [0.2, 0.25) is 0 Å². The third-order valence-electron chi connectivity index (χ3n) is 3.58. The van der Waals surface area contributed by atoms with Crippen LogP contribution in [0.1, 0.15) is 15.9 Å². The maximum absolute atomic E-state index is 12.8. The predicted octanol–water partition coefficient (Wildman–Crippen LogP) is 2.26. The normalized spacial score (nSPS) is 10.1. The first-order chi connectivity index (χ1) is 12.9. The van der Waals surface area contributed by atoms with Gasteiger partial charge in [-0.3, -0.25) is 14.9 Å². The number of nitro groups is 1. The lowest BCUT2D eigenvalue weighted by Gasteiger charge is -2.09. The summed E-state index contributed by atoms with van der Waals surface area (Å²) >= 11 is 0. The van der Waals surface area contributed by atoms with Crippen molar-refractivity contribution in [1.29, 1.82) is 0 Å². The van der Waals surface area contributed by atoms with Gasteiger partial charge in [-0.25, -0.2) is 9.18 Å². The van der Waals surface area contributed by atoms with Gasteiger partial charge in [0.15, 0.2) is 12.4 Å². The monoisotopic (exact) mass is 376 g/mol. The highest BCUT2D eigenvalue weighted by atomic mass is 19.1. The van der Waals surface area contributed by atoms with Gasteiger partial charge in [0.05, 0.1) is 17.6 Å². The number of nitro benzene ring substituents is 1. The molecular formula is C18H17FN2O6. The second kappa shape index (κ2) is 9.27. The number of rotatable bonds is 8. The Hall–Kier alpha value is -3.49. The Labute approximate surface area is 154 Å². The van der Waals surface area contributed by atoms with Gasteiger partial charge in [-0.15, -0.1) is 0 Å². The van der Waals surface area contributed by atoms with Crippen LogP contribution in [0.4, 0.5) is 10.1 Å². The molecule has 27 heavy (non-hydrogen) atoms. The zero-order valence-corrected chi connectivity index (χ0v) is 14.4. The lowest BCUT2D eigenvalue weighted by Crippen LogP contribution is -2.30. The standard InChI is InChI=1S/C18H17FN2O6/c1-26-18(23)13-4-7-16(15(10-13)21(24)25)27-11-17(22)20-9-8-12-2-5-14(19)6-3-12/h2-7,10H,8-9,11H2,1H3,(H,20,22). The number of nitrogens with one attached hydrogen (secondary N) is 1. The third kappa shape index (κ3) is 5.77. The van der Waals surface area contributed by atoms with Crippen LogP contribution in [0.5, 0.6) is 5.75 Å². The van der Waals surface area contributed by atoms with E-state index in [4.69, 9.17) is 4.74 Å². The molecule has 0 radical (unpaired) electrons. The van der Waals surface area contributed by atoms with E-state index in [0.717, 1.165) is 18.7 Å². The van der Waals surface area contributed by atoms with Crippen LogP contribution in [0.25, 0.3) is 0 Å². The van der Waals surface area contributed by atoms with E-state index in [1.165, 1.54) is 24.3 Å². The maximum Gasteiger partial charge on any atom is 0.338 e. The zero-order valence-electron chi connectivity index (χ0n) is 14.4. The van der Waals surface area contributed by atoms with E-state index in [1.807, 2.05) is 0 Å². The second-order valence-electron chi connectivity index (χ2n) is 5.45. The minimum Gasteiger partial charge on any atom is -0.477 e. The Kier molecular flexibility index (Phi) is 6.81. The quantitative estimate of drug-likeness (QED) is 0.430. The molecule has 0 atom stereocenters. The summed E-state index contributed by atoms with van der Waals surface area (Å²) in [6.45, 7) is -0.126. The number of halogens is 1. The fourth-order valence-corrected chi connectivity index (χ4v) is 2.22. The summed E-state index contributed by atoms with van der Waals surface area (Å²) < 4.78 is 22.5. The van der Waals surface area contributed by atoms with E-state index in [1.54, 1.807) is 12.1 Å². The van der Waals surface area contributed by atoms with Crippen LogP contribution in [0.3, 0.4) is 0 Å². The van der Waals surface area contributed by atoms with Crippen LogP contribution >= 0.6 is 0 Å². The molecule has 0 spiro atoms. The minimum atomic E-state index is -0.719. The summed E-state index contributed by atoms with van der Waals surface area (Å²) in [6.07, 6.45) is 0.500. The average molecular weight is 376 g/mol. The van der Waals surface area contributed by atoms with Crippen molar-refractivity contribution in [3.05, 3.63) is 69.5 Å². The molecule has 8 nitrogen and oxygen atoms in total. The SMILES string of the molecule is COC(=O)c1ccc(OCC(=O)NCCc2ccc(F)cc2)c([N+](=O)[O-])c1. The van der Waals surface area contributed by atoms with Crippen molar-refractivity contribution in [3.63, 3.8) is 0 Å². The van der Waals surface area contributed by atoms with E-state index < -0.39 is 29.1 Å². The molecule has 0 aliphatic heterocycles. The molecule has 1 N–H and O–H groups in total. The molecule has 142 valence electrons. The van der Waals surface area contributed by atoms with Crippen molar-refractivity contribution in [1.82, 2.24) is 5.32 Å². The van der Waals surface area contributed by atoms with Crippen LogP contribution in [0, 0.1) is 15.9 Å². The second-order valence-corrected chi connectivity index (χ2v) is 5.45. The molecule has 1 amide bonds. The number of benzene rings is 2. The first kappa shape index (κ1) is 19.8. The lowest BCUT2D eigenvalue weighted by molar-refractivity contribution is -0.385. The van der Waals surface area contributed by atoms with Gasteiger partial charge in [0, 0.05) is 12.6 Å². The van der Waals surface area contributed by atoms with Crippen LogP contribution in [-0.4, -0.2) is 37.1 Å². The molecule has 9 heteroatoms. The Bertz CT molecular complexity index is 838. The van der Waals surface area contributed by atoms with Gasteiger partial charge in [0.2, 0.25) is 0 Å². The first-order valence-electron chi connectivity index (χ1n) is 7.91. The molecule has 0 unspecified atom stereocenters. The first-order valence-corrected chi connectivity index (χ1v) is 7.91. The van der Waals surface area contributed by atoms with Gasteiger partial charge in [-0.1, -0.05) is 12.1 Å². The highest BCUT2D eigenvalue weighted by Gasteiger charge is 2.19. The predicted molar refractivity (Wildman–Crippen MR) is 93.0 cm³/mol. The van der Waals surface area contributed by atoms with E-state index >= 15 is 0 Å². The summed E-state index contributed by atoms with van der Waals surface area (Å²) in [7, 11) is 1.16. The molecule has 0 heterocycles. The average Bonchev–Trinajstić information content (AvgIpc) is 2.67. The molecule has 0 aliphatic carbocycles. The molecule has 0 bridgehead atoms.